The Labute approximate surface area is 160 Å². The van der Waals surface area contributed by atoms with Crippen LogP contribution < -0.4 is 10.6 Å². The van der Waals surface area contributed by atoms with Gasteiger partial charge in [0, 0.05) is 25.4 Å². The summed E-state index contributed by atoms with van der Waals surface area (Å²) in [5, 5.41) is 13.8. The molecule has 0 aromatic carbocycles. The molecule has 0 heterocycles. The Hall–Kier alpha value is -1.46. The lowest BCUT2D eigenvalue weighted by Gasteiger charge is -2.21. The van der Waals surface area contributed by atoms with Crippen molar-refractivity contribution in [3.63, 3.8) is 0 Å². The largest absolute Gasteiger partial charge is 0.480 e. The maximum absolute atomic E-state index is 12.2. The monoisotopic (exact) mass is 410 g/mol. The number of nitrogens with one attached hydrogen (secondary N) is 2. The fourth-order valence-corrected chi connectivity index (χ4v) is 4.03. The minimum atomic E-state index is -1.15. The van der Waals surface area contributed by atoms with E-state index in [0.29, 0.717) is 0 Å². The van der Waals surface area contributed by atoms with E-state index in [2.05, 4.69) is 10.6 Å². The Morgan fingerprint density at radius 1 is 0.923 bits per heavy atom. The Bertz CT molecular complexity index is 502. The zero-order valence-corrected chi connectivity index (χ0v) is 17.1. The number of ether oxygens (including phenoxy) is 2. The number of carboxylic acids is 1. The van der Waals surface area contributed by atoms with Crippen molar-refractivity contribution in [2.45, 2.75) is 59.1 Å². The Morgan fingerprint density at radius 2 is 1.38 bits per heavy atom. The molecule has 0 spiro atoms. The van der Waals surface area contributed by atoms with Gasteiger partial charge in [-0.25, -0.2) is 9.59 Å². The Morgan fingerprint density at radius 3 is 1.81 bits per heavy atom. The molecule has 0 aromatic rings. The van der Waals surface area contributed by atoms with Gasteiger partial charge >= 0.3 is 11.9 Å². The second-order valence-electron chi connectivity index (χ2n) is 5.60. The highest BCUT2D eigenvalue weighted by atomic mass is 33.1. The van der Waals surface area contributed by atoms with Crippen molar-refractivity contribution < 1.29 is 33.8 Å². The maximum atomic E-state index is 12.2. The first-order valence-corrected chi connectivity index (χ1v) is 10.4. The lowest BCUT2D eigenvalue weighted by Crippen LogP contribution is -2.44. The maximum Gasteiger partial charge on any atom is 0.331 e. The zero-order chi connectivity index (χ0) is 20.3. The lowest BCUT2D eigenvalue weighted by atomic mass is 10.3. The van der Waals surface area contributed by atoms with Crippen LogP contribution in [0.1, 0.15) is 34.6 Å². The number of hydrogen-bond acceptors (Lipinski definition) is 8. The summed E-state index contributed by atoms with van der Waals surface area (Å²) in [4.78, 5) is 45.5. The fourth-order valence-electron chi connectivity index (χ4n) is 1.72. The van der Waals surface area contributed by atoms with Gasteiger partial charge in [-0.1, -0.05) is 21.6 Å². The molecule has 0 saturated heterocycles. The Balaban J connectivity index is 4.53. The van der Waals surface area contributed by atoms with Crippen LogP contribution in [0.5, 0.6) is 0 Å². The minimum absolute atomic E-state index is 0.105. The molecule has 0 aromatic heterocycles. The summed E-state index contributed by atoms with van der Waals surface area (Å²) in [7, 11) is 2.36. The lowest BCUT2D eigenvalue weighted by molar-refractivity contribution is -0.183. The number of aliphatic carboxylic acids is 1. The molecule has 2 amide bonds. The molecule has 3 atom stereocenters. The highest BCUT2D eigenvalue weighted by Crippen LogP contribution is 2.23. The van der Waals surface area contributed by atoms with E-state index < -0.39 is 42.1 Å². The van der Waals surface area contributed by atoms with Crippen LogP contribution in [0, 0.1) is 0 Å². The van der Waals surface area contributed by atoms with Crippen molar-refractivity contribution in [3.8, 4) is 0 Å². The van der Waals surface area contributed by atoms with Gasteiger partial charge in [-0.2, -0.15) is 0 Å². The molecule has 0 bridgehead atoms. The van der Waals surface area contributed by atoms with E-state index in [0.717, 1.165) is 10.8 Å². The van der Waals surface area contributed by atoms with Gasteiger partial charge in [-0.05, 0) is 20.8 Å². The van der Waals surface area contributed by atoms with E-state index in [1.165, 1.54) is 24.6 Å². The third-order valence-corrected chi connectivity index (χ3v) is 5.06. The molecule has 26 heavy (non-hydrogen) atoms. The van der Waals surface area contributed by atoms with Crippen molar-refractivity contribution in [3.05, 3.63) is 0 Å². The molecule has 0 aliphatic heterocycles. The topological polar surface area (TPSA) is 131 Å². The van der Waals surface area contributed by atoms with E-state index in [9.17, 15) is 19.2 Å². The first kappa shape index (κ1) is 24.5. The van der Waals surface area contributed by atoms with Crippen LogP contribution in [0.2, 0.25) is 0 Å². The molecule has 0 saturated carbocycles. The molecular weight excluding hydrogens is 384 g/mol. The van der Waals surface area contributed by atoms with Gasteiger partial charge in [-0.3, -0.25) is 9.59 Å². The fraction of sp³-hybridized carbons (Fsp3) is 0.733. The molecular formula is C15H26N2O7S2. The zero-order valence-electron chi connectivity index (χ0n) is 15.4. The second-order valence-corrected chi connectivity index (χ2v) is 8.16. The van der Waals surface area contributed by atoms with Crippen molar-refractivity contribution in [1.82, 2.24) is 10.6 Å². The highest BCUT2D eigenvalue weighted by molar-refractivity contribution is 8.76. The summed E-state index contributed by atoms with van der Waals surface area (Å²) < 4.78 is 10.5. The van der Waals surface area contributed by atoms with Crippen LogP contribution in [0.15, 0.2) is 0 Å². The summed E-state index contributed by atoms with van der Waals surface area (Å²) in [6.07, 6.45) is -0.878. The highest BCUT2D eigenvalue weighted by Gasteiger charge is 2.25. The summed E-state index contributed by atoms with van der Waals surface area (Å²) in [6.45, 7) is 7.70. The molecule has 9 nitrogen and oxygen atoms in total. The third-order valence-electron chi connectivity index (χ3n) is 2.64. The van der Waals surface area contributed by atoms with Crippen molar-refractivity contribution in [2.75, 3.05) is 11.5 Å². The molecule has 0 rings (SSSR count). The standard InChI is InChI=1S/C15H26N2O7S2/c1-8(2)23-11(5)24-15(22)13(17-10(4)19)7-26-25-6-12(14(20)21)16-9(3)18/h8,11-13H,6-7H2,1-5H3,(H,16,18)(H,17,19)(H,20,21). The number of hydrogen-bond donors (Lipinski definition) is 3. The predicted octanol–water partition coefficient (Wildman–Crippen LogP) is 0.776. The normalized spacial score (nSPS) is 14.2. The molecule has 0 aliphatic carbocycles. The van der Waals surface area contributed by atoms with E-state index in [1.54, 1.807) is 20.8 Å². The van der Waals surface area contributed by atoms with Gasteiger partial charge in [0.2, 0.25) is 11.8 Å². The average molecular weight is 411 g/mol. The molecule has 3 unspecified atom stereocenters. The van der Waals surface area contributed by atoms with Gasteiger partial charge in [0.1, 0.15) is 12.1 Å². The SMILES string of the molecule is CC(=O)NC(CSSCC(NC(C)=O)C(=O)OC(C)OC(C)C)C(=O)O. The van der Waals surface area contributed by atoms with Crippen LogP contribution >= 0.6 is 21.6 Å². The number of carbonyl (C=O) groups is 4. The number of esters is 1. The average Bonchev–Trinajstić information content (AvgIpc) is 2.46. The van der Waals surface area contributed by atoms with E-state index >= 15 is 0 Å². The quantitative estimate of drug-likeness (QED) is 0.185. The Kier molecular flexibility index (Phi) is 12.1. The first-order chi connectivity index (χ1) is 12.0. The van der Waals surface area contributed by atoms with Crippen molar-refractivity contribution in [2.24, 2.45) is 0 Å². The molecule has 150 valence electrons. The second kappa shape index (κ2) is 12.8. The van der Waals surface area contributed by atoms with E-state index in [-0.39, 0.29) is 17.6 Å². The van der Waals surface area contributed by atoms with Crippen LogP contribution in [0.25, 0.3) is 0 Å². The summed E-state index contributed by atoms with van der Waals surface area (Å²) in [5.74, 6) is -2.35. The number of amides is 2. The third kappa shape index (κ3) is 12.0. The molecule has 0 radical (unpaired) electrons. The molecule has 11 heteroatoms. The van der Waals surface area contributed by atoms with Crippen molar-refractivity contribution >= 4 is 45.3 Å². The number of carbonyl (C=O) groups excluding carboxylic acids is 3. The smallest absolute Gasteiger partial charge is 0.331 e. The van der Waals surface area contributed by atoms with Crippen LogP contribution in [-0.4, -0.2) is 64.8 Å². The van der Waals surface area contributed by atoms with E-state index in [1.807, 2.05) is 0 Å². The van der Waals surface area contributed by atoms with Crippen LogP contribution in [0.3, 0.4) is 0 Å². The van der Waals surface area contributed by atoms with Gasteiger partial charge in [0.05, 0.1) is 6.10 Å². The van der Waals surface area contributed by atoms with Gasteiger partial charge in [0.25, 0.3) is 0 Å². The van der Waals surface area contributed by atoms with Gasteiger partial charge in [0.15, 0.2) is 6.29 Å². The number of rotatable bonds is 12. The molecule has 0 fully saturated rings. The number of carboxylic acid groups (broad SMARTS) is 1. The van der Waals surface area contributed by atoms with Gasteiger partial charge in [-0.15, -0.1) is 0 Å². The predicted molar refractivity (Wildman–Crippen MR) is 99.5 cm³/mol. The van der Waals surface area contributed by atoms with Crippen LogP contribution in [0.4, 0.5) is 0 Å². The first-order valence-electron chi connectivity index (χ1n) is 7.90. The van der Waals surface area contributed by atoms with Gasteiger partial charge < -0.3 is 25.2 Å². The molecule has 3 N–H and O–H groups in total. The van der Waals surface area contributed by atoms with E-state index in [4.69, 9.17) is 14.6 Å². The summed E-state index contributed by atoms with van der Waals surface area (Å²) >= 11 is 0. The summed E-state index contributed by atoms with van der Waals surface area (Å²) in [6, 6.07) is -1.93. The van der Waals surface area contributed by atoms with Crippen molar-refractivity contribution in [1.29, 1.82) is 0 Å². The van der Waals surface area contributed by atoms with Crippen LogP contribution in [-0.2, 0) is 28.7 Å². The summed E-state index contributed by atoms with van der Waals surface area (Å²) in [5.41, 5.74) is 0. The molecule has 0 aliphatic rings. The minimum Gasteiger partial charge on any atom is -0.480 e.